The lowest BCUT2D eigenvalue weighted by Gasteiger charge is -2.12. The second kappa shape index (κ2) is 3.31. The van der Waals surface area contributed by atoms with Crippen LogP contribution >= 0.6 is 15.9 Å². The highest BCUT2D eigenvalue weighted by molar-refractivity contribution is 9.10. The molecular formula is C11H8BrFN2O. The fourth-order valence-corrected chi connectivity index (χ4v) is 2.43. The van der Waals surface area contributed by atoms with E-state index in [4.69, 9.17) is 0 Å². The molecule has 0 fully saturated rings. The molecule has 5 heteroatoms. The molecule has 0 aliphatic carbocycles. The van der Waals surface area contributed by atoms with E-state index in [1.807, 2.05) is 0 Å². The molecule has 0 bridgehead atoms. The monoisotopic (exact) mass is 282 g/mol. The number of aromatic amines is 1. The summed E-state index contributed by atoms with van der Waals surface area (Å²) in [5, 5.41) is 3.10. The van der Waals surface area contributed by atoms with Crippen molar-refractivity contribution in [3.8, 4) is 0 Å². The smallest absolute Gasteiger partial charge is 0.253 e. The molecule has 1 aliphatic rings. The Morgan fingerprint density at radius 3 is 3.00 bits per heavy atom. The maximum absolute atomic E-state index is 13.9. The molecule has 3 nitrogen and oxygen atoms in total. The van der Waals surface area contributed by atoms with Crippen molar-refractivity contribution < 1.29 is 9.18 Å². The van der Waals surface area contributed by atoms with Crippen LogP contribution in [-0.2, 0) is 6.42 Å². The molecule has 2 aromatic rings. The van der Waals surface area contributed by atoms with E-state index in [0.29, 0.717) is 33.9 Å². The predicted molar refractivity (Wildman–Crippen MR) is 62.0 cm³/mol. The van der Waals surface area contributed by atoms with Gasteiger partial charge in [0.05, 0.1) is 10.0 Å². The molecule has 0 saturated carbocycles. The largest absolute Gasteiger partial charge is 0.358 e. The van der Waals surface area contributed by atoms with E-state index in [1.165, 1.54) is 0 Å². The summed E-state index contributed by atoms with van der Waals surface area (Å²) in [7, 11) is 0. The third kappa shape index (κ3) is 1.21. The van der Waals surface area contributed by atoms with Gasteiger partial charge in [0.15, 0.2) is 0 Å². The number of benzene rings is 1. The molecule has 82 valence electrons. The van der Waals surface area contributed by atoms with Crippen LogP contribution < -0.4 is 5.32 Å². The Hall–Kier alpha value is -1.36. The Balaban J connectivity index is 2.44. The molecule has 2 N–H and O–H groups in total. The van der Waals surface area contributed by atoms with Crippen LogP contribution in [0.4, 0.5) is 4.39 Å². The first-order valence-electron chi connectivity index (χ1n) is 4.95. The number of fused-ring (bicyclic) bond motifs is 3. The first kappa shape index (κ1) is 9.84. The van der Waals surface area contributed by atoms with Crippen LogP contribution in [0.15, 0.2) is 16.6 Å². The number of nitrogens with one attached hydrogen (secondary N) is 2. The number of amides is 1. The van der Waals surface area contributed by atoms with Gasteiger partial charge in [-0.15, -0.1) is 0 Å². The number of carbonyl (C=O) groups excluding carboxylic acids is 1. The van der Waals surface area contributed by atoms with Gasteiger partial charge in [-0.2, -0.15) is 0 Å². The van der Waals surface area contributed by atoms with Crippen LogP contribution in [0.1, 0.15) is 16.1 Å². The number of hydrogen-bond donors (Lipinski definition) is 2. The Kier molecular flexibility index (Phi) is 2.04. The van der Waals surface area contributed by atoms with Crippen molar-refractivity contribution >= 4 is 32.7 Å². The summed E-state index contributed by atoms with van der Waals surface area (Å²) in [6.07, 6.45) is 0.715. The summed E-state index contributed by atoms with van der Waals surface area (Å²) in [6, 6.07) is 3.41. The molecule has 16 heavy (non-hydrogen) atoms. The molecule has 0 radical (unpaired) electrons. The van der Waals surface area contributed by atoms with Gasteiger partial charge in [-0.1, -0.05) is 0 Å². The lowest BCUT2D eigenvalue weighted by molar-refractivity contribution is 0.0947. The number of H-pyrrole nitrogens is 1. The molecule has 0 atom stereocenters. The van der Waals surface area contributed by atoms with Crippen molar-refractivity contribution in [3.05, 3.63) is 33.7 Å². The quantitative estimate of drug-likeness (QED) is 0.766. The van der Waals surface area contributed by atoms with Gasteiger partial charge >= 0.3 is 0 Å². The molecule has 1 aromatic carbocycles. The molecule has 1 amide bonds. The Morgan fingerprint density at radius 2 is 2.19 bits per heavy atom. The second-order valence-electron chi connectivity index (χ2n) is 3.77. The second-order valence-corrected chi connectivity index (χ2v) is 4.62. The van der Waals surface area contributed by atoms with Crippen molar-refractivity contribution in [2.75, 3.05) is 6.54 Å². The van der Waals surface area contributed by atoms with Crippen molar-refractivity contribution in [2.45, 2.75) is 6.42 Å². The zero-order valence-electron chi connectivity index (χ0n) is 8.23. The molecular weight excluding hydrogens is 275 g/mol. The molecule has 1 aliphatic heterocycles. The van der Waals surface area contributed by atoms with E-state index >= 15 is 0 Å². The maximum Gasteiger partial charge on any atom is 0.253 e. The van der Waals surface area contributed by atoms with Crippen LogP contribution in [0.2, 0.25) is 0 Å². The normalized spacial score (nSPS) is 15.0. The fraction of sp³-hybridized carbons (Fsp3) is 0.182. The molecule has 2 heterocycles. The Labute approximate surface area is 99.2 Å². The molecule has 0 unspecified atom stereocenters. The average Bonchev–Trinajstić information content (AvgIpc) is 2.64. The maximum atomic E-state index is 13.9. The highest BCUT2D eigenvalue weighted by Crippen LogP contribution is 2.30. The van der Waals surface area contributed by atoms with E-state index in [2.05, 4.69) is 26.2 Å². The van der Waals surface area contributed by atoms with Crippen molar-refractivity contribution in [1.82, 2.24) is 10.3 Å². The standard InChI is InChI=1S/C11H8BrFN2O/c12-5-1-2-6-8(10(5)13)9-7(15-6)3-4-14-11(9)16/h1-2,15H,3-4H2,(H,14,16). The van der Waals surface area contributed by atoms with Gasteiger partial charge < -0.3 is 10.3 Å². The minimum absolute atomic E-state index is 0.204. The van der Waals surface area contributed by atoms with E-state index < -0.39 is 0 Å². The van der Waals surface area contributed by atoms with Gasteiger partial charge in [0, 0.05) is 29.6 Å². The number of aromatic nitrogens is 1. The topological polar surface area (TPSA) is 44.9 Å². The first-order chi connectivity index (χ1) is 7.68. The summed E-state index contributed by atoms with van der Waals surface area (Å²) in [5.41, 5.74) is 1.93. The number of halogens is 2. The zero-order chi connectivity index (χ0) is 11.3. The summed E-state index contributed by atoms with van der Waals surface area (Å²) < 4.78 is 14.3. The molecule has 1 aromatic heterocycles. The minimum Gasteiger partial charge on any atom is -0.358 e. The van der Waals surface area contributed by atoms with Crippen LogP contribution in [0.5, 0.6) is 0 Å². The summed E-state index contributed by atoms with van der Waals surface area (Å²) in [4.78, 5) is 14.8. The number of rotatable bonds is 0. The molecule has 0 spiro atoms. The predicted octanol–water partition coefficient (Wildman–Crippen LogP) is 2.36. The summed E-state index contributed by atoms with van der Waals surface area (Å²) in [6.45, 7) is 0.599. The van der Waals surface area contributed by atoms with E-state index in [0.717, 1.165) is 5.69 Å². The fourth-order valence-electron chi connectivity index (χ4n) is 2.10. The van der Waals surface area contributed by atoms with E-state index in [9.17, 15) is 9.18 Å². The van der Waals surface area contributed by atoms with Gasteiger partial charge in [-0.25, -0.2) is 4.39 Å². The van der Waals surface area contributed by atoms with E-state index in [1.54, 1.807) is 12.1 Å². The van der Waals surface area contributed by atoms with E-state index in [-0.39, 0.29) is 11.7 Å². The van der Waals surface area contributed by atoms with Crippen molar-refractivity contribution in [2.24, 2.45) is 0 Å². The third-order valence-corrected chi connectivity index (χ3v) is 3.43. The number of hydrogen-bond acceptors (Lipinski definition) is 1. The lowest BCUT2D eigenvalue weighted by atomic mass is 10.1. The highest BCUT2D eigenvalue weighted by atomic mass is 79.9. The average molecular weight is 283 g/mol. The lowest BCUT2D eigenvalue weighted by Crippen LogP contribution is -2.31. The van der Waals surface area contributed by atoms with Gasteiger partial charge in [0.25, 0.3) is 5.91 Å². The van der Waals surface area contributed by atoms with Gasteiger partial charge in [-0.3, -0.25) is 4.79 Å². The highest BCUT2D eigenvalue weighted by Gasteiger charge is 2.24. The van der Waals surface area contributed by atoms with Gasteiger partial charge in [-0.05, 0) is 28.1 Å². The third-order valence-electron chi connectivity index (χ3n) is 2.82. The molecule has 0 saturated heterocycles. The van der Waals surface area contributed by atoms with Crippen molar-refractivity contribution in [3.63, 3.8) is 0 Å². The summed E-state index contributed by atoms with van der Waals surface area (Å²) >= 11 is 3.13. The Bertz CT molecular complexity index is 606. The van der Waals surface area contributed by atoms with Crippen LogP contribution in [0, 0.1) is 5.82 Å². The Morgan fingerprint density at radius 1 is 1.38 bits per heavy atom. The van der Waals surface area contributed by atoms with Gasteiger partial charge in [0.2, 0.25) is 0 Å². The first-order valence-corrected chi connectivity index (χ1v) is 5.74. The van der Waals surface area contributed by atoms with Gasteiger partial charge in [0.1, 0.15) is 5.82 Å². The SMILES string of the molecule is O=C1NCCc2[nH]c3ccc(Br)c(F)c3c21. The van der Waals surface area contributed by atoms with Crippen LogP contribution in [0.25, 0.3) is 10.9 Å². The minimum atomic E-state index is -0.382. The van der Waals surface area contributed by atoms with Crippen LogP contribution in [-0.4, -0.2) is 17.4 Å². The van der Waals surface area contributed by atoms with Crippen molar-refractivity contribution in [1.29, 1.82) is 0 Å². The van der Waals surface area contributed by atoms with Crippen LogP contribution in [0.3, 0.4) is 0 Å². The number of carbonyl (C=O) groups is 1. The molecule has 3 rings (SSSR count). The summed E-state index contributed by atoms with van der Waals surface area (Å²) in [5.74, 6) is -0.587. The zero-order valence-corrected chi connectivity index (χ0v) is 9.82.